The van der Waals surface area contributed by atoms with Crippen molar-refractivity contribution in [3.63, 3.8) is 0 Å². The van der Waals surface area contributed by atoms with Crippen molar-refractivity contribution in [1.82, 2.24) is 0 Å². The Balaban J connectivity index is 2.09. The topological polar surface area (TPSA) is 81.5 Å². The molecule has 6 nitrogen and oxygen atoms in total. The summed E-state index contributed by atoms with van der Waals surface area (Å²) in [6.07, 6.45) is -4.73. The Bertz CT molecular complexity index is 906. The van der Waals surface area contributed by atoms with E-state index in [0.29, 0.717) is 27.7 Å². The Hall–Kier alpha value is -2.52. The number of benzene rings is 2. The largest absolute Gasteiger partial charge is 0.459 e. The van der Waals surface area contributed by atoms with Crippen LogP contribution >= 0.6 is 23.2 Å². The number of ether oxygens (including phenoxy) is 1. The minimum Gasteiger partial charge on any atom is -0.459 e. The SMILES string of the molecule is C[C@@H](Nc1ccc(C(F)(F)F)cc1[N+](=O)[O-])C(=O)OCc1ccc(Cl)cc1Cl. The summed E-state index contributed by atoms with van der Waals surface area (Å²) < 4.78 is 43.3. The van der Waals surface area contributed by atoms with E-state index in [1.54, 1.807) is 12.1 Å². The molecular formula is C17H13Cl2F3N2O4. The molecule has 0 amide bonds. The molecule has 0 saturated heterocycles. The summed E-state index contributed by atoms with van der Waals surface area (Å²) in [7, 11) is 0. The molecule has 0 bridgehead atoms. The quantitative estimate of drug-likeness (QED) is 0.369. The van der Waals surface area contributed by atoms with Crippen LogP contribution in [0.25, 0.3) is 0 Å². The molecule has 28 heavy (non-hydrogen) atoms. The first kappa shape index (κ1) is 21.8. The van der Waals surface area contributed by atoms with E-state index in [0.717, 1.165) is 6.07 Å². The van der Waals surface area contributed by atoms with E-state index in [-0.39, 0.29) is 12.3 Å². The summed E-state index contributed by atoms with van der Waals surface area (Å²) in [6.45, 7) is 1.18. The van der Waals surface area contributed by atoms with Gasteiger partial charge in [-0.15, -0.1) is 0 Å². The van der Waals surface area contributed by atoms with Crippen LogP contribution in [-0.2, 0) is 22.3 Å². The maximum absolute atomic E-state index is 12.7. The third-order valence-electron chi connectivity index (χ3n) is 3.63. The Kier molecular flexibility index (Phi) is 6.73. The van der Waals surface area contributed by atoms with E-state index in [1.165, 1.54) is 13.0 Å². The standard InChI is InChI=1S/C17H13Cl2F3N2O4/c1-9(16(25)28-8-10-2-4-12(18)7-13(10)19)23-14-5-3-11(17(20,21)22)6-15(14)24(26)27/h2-7,9,23H,8H2,1H3/t9-/m1/s1. The maximum atomic E-state index is 12.7. The number of carbonyl (C=O) groups is 1. The smallest absolute Gasteiger partial charge is 0.416 e. The van der Waals surface area contributed by atoms with Gasteiger partial charge in [0.25, 0.3) is 5.69 Å². The molecule has 2 aromatic rings. The molecule has 0 unspecified atom stereocenters. The number of anilines is 1. The molecule has 2 aromatic carbocycles. The Morgan fingerprint density at radius 3 is 2.50 bits per heavy atom. The molecule has 0 saturated carbocycles. The second-order valence-electron chi connectivity index (χ2n) is 5.70. The van der Waals surface area contributed by atoms with E-state index in [2.05, 4.69) is 5.32 Å². The molecular weight excluding hydrogens is 424 g/mol. The normalized spacial score (nSPS) is 12.4. The maximum Gasteiger partial charge on any atom is 0.416 e. The van der Waals surface area contributed by atoms with Crippen molar-refractivity contribution in [2.24, 2.45) is 0 Å². The first-order valence-corrected chi connectivity index (χ1v) is 8.47. The van der Waals surface area contributed by atoms with Gasteiger partial charge in [-0.05, 0) is 31.2 Å². The van der Waals surface area contributed by atoms with Crippen LogP contribution in [0.2, 0.25) is 10.0 Å². The number of esters is 1. The number of nitrogens with zero attached hydrogens (tertiary/aromatic N) is 1. The highest BCUT2D eigenvalue weighted by molar-refractivity contribution is 6.35. The lowest BCUT2D eigenvalue weighted by atomic mass is 10.1. The van der Waals surface area contributed by atoms with E-state index in [1.807, 2.05) is 0 Å². The van der Waals surface area contributed by atoms with Crippen LogP contribution in [0.1, 0.15) is 18.1 Å². The highest BCUT2D eigenvalue weighted by atomic mass is 35.5. The molecule has 0 aliphatic carbocycles. The van der Waals surface area contributed by atoms with Gasteiger partial charge in [-0.2, -0.15) is 13.2 Å². The summed E-state index contributed by atoms with van der Waals surface area (Å²) in [5, 5.41) is 14.3. The highest BCUT2D eigenvalue weighted by Gasteiger charge is 2.33. The Labute approximate surface area is 167 Å². The van der Waals surface area contributed by atoms with Crippen molar-refractivity contribution >= 4 is 40.5 Å². The van der Waals surface area contributed by atoms with E-state index in [4.69, 9.17) is 27.9 Å². The fraction of sp³-hybridized carbons (Fsp3) is 0.235. The summed E-state index contributed by atoms with van der Waals surface area (Å²) in [5.74, 6) is -0.778. The molecule has 0 aromatic heterocycles. The van der Waals surface area contributed by atoms with Gasteiger partial charge in [0.2, 0.25) is 0 Å². The zero-order valence-corrected chi connectivity index (χ0v) is 15.7. The van der Waals surface area contributed by atoms with Gasteiger partial charge < -0.3 is 10.1 Å². The monoisotopic (exact) mass is 436 g/mol. The number of rotatable bonds is 6. The third-order valence-corrected chi connectivity index (χ3v) is 4.22. The second-order valence-corrected chi connectivity index (χ2v) is 6.54. The van der Waals surface area contributed by atoms with Gasteiger partial charge in [0.05, 0.1) is 10.5 Å². The van der Waals surface area contributed by atoms with Gasteiger partial charge in [-0.25, -0.2) is 4.79 Å². The van der Waals surface area contributed by atoms with Crippen LogP contribution < -0.4 is 5.32 Å². The molecule has 1 atom stereocenters. The molecule has 0 radical (unpaired) electrons. The van der Waals surface area contributed by atoms with Crippen molar-refractivity contribution in [1.29, 1.82) is 0 Å². The molecule has 1 N–H and O–H groups in total. The molecule has 11 heteroatoms. The molecule has 0 spiro atoms. The zero-order valence-electron chi connectivity index (χ0n) is 14.2. The zero-order chi connectivity index (χ0) is 21.1. The van der Waals surface area contributed by atoms with Crippen LogP contribution in [0.3, 0.4) is 0 Å². The van der Waals surface area contributed by atoms with Crippen molar-refractivity contribution in [2.75, 3.05) is 5.32 Å². The first-order valence-electron chi connectivity index (χ1n) is 7.71. The van der Waals surface area contributed by atoms with Gasteiger partial charge in [-0.3, -0.25) is 10.1 Å². The van der Waals surface area contributed by atoms with Crippen LogP contribution in [0.5, 0.6) is 0 Å². The minimum atomic E-state index is -4.73. The predicted octanol–water partition coefficient (Wildman–Crippen LogP) is 5.46. The van der Waals surface area contributed by atoms with Crippen LogP contribution in [0, 0.1) is 10.1 Å². The molecule has 150 valence electrons. The summed E-state index contributed by atoms with van der Waals surface area (Å²) >= 11 is 11.7. The van der Waals surface area contributed by atoms with Crippen LogP contribution in [0.15, 0.2) is 36.4 Å². The fourth-order valence-electron chi connectivity index (χ4n) is 2.19. The third kappa shape index (κ3) is 5.49. The lowest BCUT2D eigenvalue weighted by Gasteiger charge is -2.16. The van der Waals surface area contributed by atoms with Crippen molar-refractivity contribution < 1.29 is 27.6 Å². The van der Waals surface area contributed by atoms with E-state index in [9.17, 15) is 28.1 Å². The summed E-state index contributed by atoms with van der Waals surface area (Å²) in [5.41, 5.74) is -1.73. The first-order chi connectivity index (χ1) is 13.0. The molecule has 0 aliphatic heterocycles. The average Bonchev–Trinajstić information content (AvgIpc) is 2.59. The Morgan fingerprint density at radius 2 is 1.93 bits per heavy atom. The number of hydrogen-bond donors (Lipinski definition) is 1. The number of nitro groups is 1. The van der Waals surface area contributed by atoms with Gasteiger partial charge in [0, 0.05) is 21.7 Å². The lowest BCUT2D eigenvalue weighted by Crippen LogP contribution is -2.28. The van der Waals surface area contributed by atoms with Gasteiger partial charge in [-0.1, -0.05) is 29.3 Å². The summed E-state index contributed by atoms with van der Waals surface area (Å²) in [4.78, 5) is 22.2. The number of nitrogens with one attached hydrogen (secondary N) is 1. The summed E-state index contributed by atoms with van der Waals surface area (Å²) in [6, 6.07) is 5.50. The molecule has 0 aliphatic rings. The molecule has 2 rings (SSSR count). The van der Waals surface area contributed by atoms with Gasteiger partial charge in [0.15, 0.2) is 0 Å². The van der Waals surface area contributed by atoms with E-state index >= 15 is 0 Å². The molecule has 0 fully saturated rings. The van der Waals surface area contributed by atoms with Crippen LogP contribution in [-0.4, -0.2) is 16.9 Å². The second kappa shape index (κ2) is 8.66. The van der Waals surface area contributed by atoms with Crippen molar-refractivity contribution in [3.05, 3.63) is 67.7 Å². The fourth-order valence-corrected chi connectivity index (χ4v) is 2.65. The predicted molar refractivity (Wildman–Crippen MR) is 97.4 cm³/mol. The van der Waals surface area contributed by atoms with Crippen molar-refractivity contribution in [2.45, 2.75) is 25.7 Å². The van der Waals surface area contributed by atoms with Gasteiger partial charge in [0.1, 0.15) is 18.3 Å². The number of nitro benzene ring substituents is 1. The molecule has 0 heterocycles. The number of hydrogen-bond acceptors (Lipinski definition) is 5. The minimum absolute atomic E-state index is 0.171. The number of halogens is 5. The number of alkyl halides is 3. The van der Waals surface area contributed by atoms with Crippen LogP contribution in [0.4, 0.5) is 24.5 Å². The highest BCUT2D eigenvalue weighted by Crippen LogP contribution is 2.35. The van der Waals surface area contributed by atoms with Crippen molar-refractivity contribution in [3.8, 4) is 0 Å². The average molecular weight is 437 g/mol. The number of carbonyl (C=O) groups excluding carboxylic acids is 1. The Morgan fingerprint density at radius 1 is 1.25 bits per heavy atom. The van der Waals surface area contributed by atoms with Gasteiger partial charge >= 0.3 is 12.1 Å². The lowest BCUT2D eigenvalue weighted by molar-refractivity contribution is -0.384. The van der Waals surface area contributed by atoms with E-state index < -0.39 is 34.4 Å².